The molecule has 5 heteroatoms. The Morgan fingerprint density at radius 3 is 2.38 bits per heavy atom. The summed E-state index contributed by atoms with van der Waals surface area (Å²) in [6.07, 6.45) is 1.85. The molecule has 0 aliphatic carbocycles. The molecule has 0 aromatic carbocycles. The van der Waals surface area contributed by atoms with Crippen LogP contribution in [0.15, 0.2) is 12.0 Å². The van der Waals surface area contributed by atoms with Gasteiger partial charge in [0.25, 0.3) is 0 Å². The summed E-state index contributed by atoms with van der Waals surface area (Å²) < 4.78 is 2.43. The summed E-state index contributed by atoms with van der Waals surface area (Å²) in [5, 5.41) is 11.0. The first-order valence-electron chi connectivity index (χ1n) is 4.41. The van der Waals surface area contributed by atoms with E-state index in [2.05, 4.69) is 23.9 Å². The topological polar surface area (TPSA) is 26.3 Å². The predicted octanol–water partition coefficient (Wildman–Crippen LogP) is -1.65. The summed E-state index contributed by atoms with van der Waals surface area (Å²) in [5.41, 5.74) is 0. The van der Waals surface area contributed by atoms with E-state index < -0.39 is 8.24 Å². The Bertz CT molecular complexity index is 204. The molecule has 1 fully saturated rings. The zero-order chi connectivity index (χ0) is 9.35. The van der Waals surface area contributed by atoms with Gasteiger partial charge in [-0.2, -0.15) is 0 Å². The minimum atomic E-state index is -1.19. The molecular weight excluding hydrogens is 189 g/mol. The molecule has 69 valence electrons. The molecule has 0 atom stereocenters. The Balaban J connectivity index is 0.00000144. The van der Waals surface area contributed by atoms with Crippen molar-refractivity contribution in [3.8, 4) is 0 Å². The van der Waals surface area contributed by atoms with Gasteiger partial charge in [0.1, 0.15) is 8.24 Å². The average Bonchev–Trinajstić information content (AvgIpc) is 2.15. The summed E-state index contributed by atoms with van der Waals surface area (Å²) in [6, 6.07) is 2.72. The molecule has 1 rings (SSSR count). The van der Waals surface area contributed by atoms with Crippen LogP contribution in [0.5, 0.6) is 0 Å². The Morgan fingerprint density at radius 1 is 1.54 bits per heavy atom. The molecular formula is C8H17LiNOSi2. The second-order valence-electron chi connectivity index (χ2n) is 4.16. The summed E-state index contributed by atoms with van der Waals surface area (Å²) in [5.74, 6) is 0.210. The van der Waals surface area contributed by atoms with Gasteiger partial charge in [-0.15, -0.1) is 5.76 Å². The van der Waals surface area contributed by atoms with Crippen molar-refractivity contribution in [1.29, 1.82) is 0 Å². The Hall–Kier alpha value is 0.371. The maximum Gasteiger partial charge on any atom is 1.00 e. The quantitative estimate of drug-likeness (QED) is 0.380. The molecule has 0 saturated carbocycles. The van der Waals surface area contributed by atoms with Crippen LogP contribution in [0.3, 0.4) is 0 Å². The van der Waals surface area contributed by atoms with E-state index >= 15 is 0 Å². The summed E-state index contributed by atoms with van der Waals surface area (Å²) in [7, 11) is -1.57. The van der Waals surface area contributed by atoms with Gasteiger partial charge in [-0.25, -0.2) is 0 Å². The van der Waals surface area contributed by atoms with E-state index in [0.29, 0.717) is 0 Å². The molecule has 1 saturated heterocycles. The monoisotopic (exact) mass is 206 g/mol. The van der Waals surface area contributed by atoms with Crippen LogP contribution in [-0.4, -0.2) is 21.4 Å². The van der Waals surface area contributed by atoms with Crippen LogP contribution in [0.4, 0.5) is 0 Å². The van der Waals surface area contributed by atoms with E-state index in [1.807, 2.05) is 6.20 Å². The van der Waals surface area contributed by atoms with Gasteiger partial charge in [-0.05, 0) is 18.3 Å². The largest absolute Gasteiger partial charge is 1.00 e. The Labute approximate surface area is 96.0 Å². The maximum atomic E-state index is 11.0. The summed E-state index contributed by atoms with van der Waals surface area (Å²) in [6.45, 7) is 8.67. The standard InChI is InChI=1S/C8H18NOSi2.Li/c1-8(10)7-9-11(2)5-6-12(9,3)4;/h7,10H,5-6H2,1-4H3;/q;+1/p-1/b8-7+;. The van der Waals surface area contributed by atoms with Crippen LogP contribution in [0.25, 0.3) is 0 Å². The number of nitrogens with zero attached hydrogens (tertiary/aromatic N) is 1. The van der Waals surface area contributed by atoms with Crippen LogP contribution in [0.2, 0.25) is 31.7 Å². The van der Waals surface area contributed by atoms with Gasteiger partial charge < -0.3 is 9.34 Å². The van der Waals surface area contributed by atoms with Crippen molar-refractivity contribution in [2.75, 3.05) is 0 Å². The third-order valence-electron chi connectivity index (χ3n) is 2.47. The molecule has 0 aromatic rings. The average molecular weight is 206 g/mol. The fourth-order valence-corrected chi connectivity index (χ4v) is 11.8. The normalized spacial score (nSPS) is 23.1. The molecule has 13 heavy (non-hydrogen) atoms. The summed E-state index contributed by atoms with van der Waals surface area (Å²) >= 11 is 0. The van der Waals surface area contributed by atoms with Crippen molar-refractivity contribution in [1.82, 2.24) is 4.23 Å². The second kappa shape index (κ2) is 4.74. The molecule has 0 spiro atoms. The van der Waals surface area contributed by atoms with Crippen LogP contribution in [0, 0.1) is 0 Å². The fraction of sp³-hybridized carbons (Fsp3) is 0.750. The number of hydrogen-bond acceptors (Lipinski definition) is 2. The van der Waals surface area contributed by atoms with Crippen molar-refractivity contribution in [3.63, 3.8) is 0 Å². The molecule has 1 radical (unpaired) electrons. The number of hydrogen-bond donors (Lipinski definition) is 0. The zero-order valence-electron chi connectivity index (χ0n) is 9.35. The molecule has 0 unspecified atom stereocenters. The third-order valence-corrected chi connectivity index (χ3v) is 10.8. The Kier molecular flexibility index (Phi) is 4.87. The van der Waals surface area contributed by atoms with E-state index in [0.717, 1.165) is 0 Å². The van der Waals surface area contributed by atoms with Gasteiger partial charge in [-0.3, -0.25) is 0 Å². The molecule has 0 N–H and O–H groups in total. The van der Waals surface area contributed by atoms with Crippen molar-refractivity contribution in [2.24, 2.45) is 0 Å². The van der Waals surface area contributed by atoms with E-state index in [-0.39, 0.29) is 33.6 Å². The first-order valence-corrected chi connectivity index (χ1v) is 9.71. The maximum absolute atomic E-state index is 11.0. The van der Waals surface area contributed by atoms with Crippen LogP contribution < -0.4 is 24.0 Å². The minimum Gasteiger partial charge on any atom is -0.875 e. The van der Waals surface area contributed by atoms with Gasteiger partial charge in [0, 0.05) is 0 Å². The molecule has 0 amide bonds. The number of allylic oxidation sites excluding steroid dienone is 1. The molecule has 2 nitrogen and oxygen atoms in total. The molecule has 1 heterocycles. The van der Waals surface area contributed by atoms with Gasteiger partial charge in [0.2, 0.25) is 0 Å². The third kappa shape index (κ3) is 3.21. The van der Waals surface area contributed by atoms with Crippen LogP contribution in [-0.2, 0) is 0 Å². The Morgan fingerprint density at radius 2 is 2.08 bits per heavy atom. The molecule has 0 aromatic heterocycles. The zero-order valence-corrected chi connectivity index (χ0v) is 11.3. The molecule has 1 aliphatic heterocycles. The second-order valence-corrected chi connectivity index (χ2v) is 11.7. The van der Waals surface area contributed by atoms with Crippen molar-refractivity contribution >= 4 is 17.2 Å². The van der Waals surface area contributed by atoms with Crippen molar-refractivity contribution in [3.05, 3.63) is 12.0 Å². The van der Waals surface area contributed by atoms with Gasteiger partial charge >= 0.3 is 18.9 Å². The molecule has 0 bridgehead atoms. The van der Waals surface area contributed by atoms with Gasteiger partial charge in [0.05, 0.1) is 0 Å². The summed E-state index contributed by atoms with van der Waals surface area (Å²) in [4.78, 5) is 0. The first-order chi connectivity index (χ1) is 5.43. The SMILES string of the molecule is C/C([O-])=C\N1[Si](C)CC[Si]1(C)C.[Li+]. The van der Waals surface area contributed by atoms with Crippen molar-refractivity contribution < 1.29 is 24.0 Å². The molecule has 1 aliphatic rings. The van der Waals surface area contributed by atoms with Gasteiger partial charge in [0.15, 0.2) is 8.96 Å². The van der Waals surface area contributed by atoms with E-state index in [9.17, 15) is 5.11 Å². The predicted molar refractivity (Wildman–Crippen MR) is 54.3 cm³/mol. The van der Waals surface area contributed by atoms with E-state index in [1.54, 1.807) is 6.92 Å². The van der Waals surface area contributed by atoms with Crippen LogP contribution >= 0.6 is 0 Å². The minimum absolute atomic E-state index is 0. The van der Waals surface area contributed by atoms with Crippen molar-refractivity contribution in [2.45, 2.75) is 38.7 Å². The number of rotatable bonds is 1. The smallest absolute Gasteiger partial charge is 0.875 e. The van der Waals surface area contributed by atoms with Gasteiger partial charge in [-0.1, -0.05) is 26.6 Å². The van der Waals surface area contributed by atoms with Crippen LogP contribution in [0.1, 0.15) is 6.92 Å². The van der Waals surface area contributed by atoms with E-state index in [1.165, 1.54) is 12.1 Å². The van der Waals surface area contributed by atoms with E-state index in [4.69, 9.17) is 0 Å². The first kappa shape index (κ1) is 13.4. The fourth-order valence-electron chi connectivity index (χ4n) is 1.71.